The van der Waals surface area contributed by atoms with Crippen molar-refractivity contribution < 1.29 is 41.8 Å². The van der Waals surface area contributed by atoms with Crippen molar-refractivity contribution in [2.75, 3.05) is 80.3 Å². The smallest absolute Gasteiger partial charge is 0.324 e. The van der Waals surface area contributed by atoms with Crippen LogP contribution in [-0.4, -0.2) is 109 Å². The number of ether oxygens (including phenoxy) is 5. The standard InChI is InChI=1S/C39H47N5O10S/c1-40(39(45)41(2)36(28-10-8-7-9-11-28)27-42-18-20-54-21-19-42)34-17-16-33(24-35(34)44(46)47)55(48,49)43(25-29-12-14-31(50-3)22-37(29)52-5)26-30-13-15-32(51-4)23-38(30)53-6/h7-17,22-24,36H,18-21,25-27H2,1-6H3. The zero-order chi connectivity index (χ0) is 39.7. The van der Waals surface area contributed by atoms with Gasteiger partial charge in [-0.1, -0.05) is 42.5 Å². The van der Waals surface area contributed by atoms with Crippen LogP contribution in [0.15, 0.2) is 89.8 Å². The molecular weight excluding hydrogens is 731 g/mol. The Balaban J connectivity index is 1.51. The van der Waals surface area contributed by atoms with E-state index in [1.165, 1.54) is 56.8 Å². The molecule has 4 aromatic carbocycles. The first-order chi connectivity index (χ1) is 26.4. The Labute approximate surface area is 321 Å². The quantitative estimate of drug-likeness (QED) is 0.104. The second kappa shape index (κ2) is 18.3. The number of anilines is 1. The van der Waals surface area contributed by atoms with Crippen LogP contribution in [0.25, 0.3) is 0 Å². The summed E-state index contributed by atoms with van der Waals surface area (Å²) in [7, 11) is 4.58. The summed E-state index contributed by atoms with van der Waals surface area (Å²) in [5.41, 5.74) is 1.31. The van der Waals surface area contributed by atoms with Gasteiger partial charge in [0.15, 0.2) is 0 Å². The van der Waals surface area contributed by atoms with E-state index in [-0.39, 0.29) is 29.7 Å². The predicted molar refractivity (Wildman–Crippen MR) is 207 cm³/mol. The number of amides is 2. The molecule has 1 saturated heterocycles. The normalized spacial score (nSPS) is 13.9. The first-order valence-electron chi connectivity index (χ1n) is 17.5. The number of rotatable bonds is 16. The number of sulfonamides is 1. The number of nitro groups is 1. The number of methoxy groups -OCH3 is 4. The van der Waals surface area contributed by atoms with E-state index in [4.69, 9.17) is 23.7 Å². The highest BCUT2D eigenvalue weighted by Crippen LogP contribution is 2.36. The van der Waals surface area contributed by atoms with Crippen molar-refractivity contribution in [2.24, 2.45) is 0 Å². The van der Waals surface area contributed by atoms with Gasteiger partial charge in [0.2, 0.25) is 10.0 Å². The molecule has 55 heavy (non-hydrogen) atoms. The van der Waals surface area contributed by atoms with Gasteiger partial charge in [0, 0.05) is 76.1 Å². The third kappa shape index (κ3) is 9.46. The lowest BCUT2D eigenvalue weighted by atomic mass is 10.0. The Morgan fingerprint density at radius 2 is 1.38 bits per heavy atom. The number of morpholine rings is 1. The van der Waals surface area contributed by atoms with Crippen molar-refractivity contribution in [2.45, 2.75) is 24.0 Å². The number of urea groups is 1. The van der Waals surface area contributed by atoms with Gasteiger partial charge >= 0.3 is 6.03 Å². The van der Waals surface area contributed by atoms with Gasteiger partial charge in [-0.25, -0.2) is 13.2 Å². The number of nitro benzene ring substituents is 1. The average molecular weight is 778 g/mol. The van der Waals surface area contributed by atoms with Crippen molar-refractivity contribution in [3.8, 4) is 23.0 Å². The van der Waals surface area contributed by atoms with Crippen molar-refractivity contribution in [1.82, 2.24) is 14.1 Å². The maximum absolute atomic E-state index is 14.6. The molecular formula is C39H47N5O10S. The maximum atomic E-state index is 14.6. The zero-order valence-corrected chi connectivity index (χ0v) is 32.7. The topological polar surface area (TPSA) is 153 Å². The molecule has 15 nitrogen and oxygen atoms in total. The lowest BCUT2D eigenvalue weighted by molar-refractivity contribution is -0.384. The molecule has 2 amide bonds. The molecule has 1 aliphatic heterocycles. The minimum Gasteiger partial charge on any atom is -0.497 e. The van der Waals surface area contributed by atoms with Gasteiger partial charge in [-0.2, -0.15) is 4.31 Å². The molecule has 294 valence electrons. The predicted octanol–water partition coefficient (Wildman–Crippen LogP) is 5.58. The fraction of sp³-hybridized carbons (Fsp3) is 0.359. The summed E-state index contributed by atoms with van der Waals surface area (Å²) >= 11 is 0. The van der Waals surface area contributed by atoms with Gasteiger partial charge in [-0.15, -0.1) is 0 Å². The molecule has 0 aromatic heterocycles. The third-order valence-electron chi connectivity index (χ3n) is 9.60. The Hall–Kier alpha value is -5.42. The van der Waals surface area contributed by atoms with E-state index in [2.05, 4.69) is 4.90 Å². The van der Waals surface area contributed by atoms with E-state index < -0.39 is 26.7 Å². The molecule has 5 rings (SSSR count). The minimum absolute atomic E-state index is 0.0702. The Morgan fingerprint density at radius 3 is 1.89 bits per heavy atom. The Morgan fingerprint density at radius 1 is 0.818 bits per heavy atom. The summed E-state index contributed by atoms with van der Waals surface area (Å²) in [5, 5.41) is 12.6. The maximum Gasteiger partial charge on any atom is 0.324 e. The molecule has 1 atom stereocenters. The van der Waals surface area contributed by atoms with Crippen LogP contribution in [-0.2, 0) is 27.8 Å². The second-order valence-corrected chi connectivity index (χ2v) is 14.8. The zero-order valence-electron chi connectivity index (χ0n) is 31.8. The summed E-state index contributed by atoms with van der Waals surface area (Å²) in [6.07, 6.45) is 0. The van der Waals surface area contributed by atoms with Crippen LogP contribution in [0, 0.1) is 10.1 Å². The van der Waals surface area contributed by atoms with Gasteiger partial charge in [0.05, 0.1) is 57.5 Å². The molecule has 0 saturated carbocycles. The first kappa shape index (κ1) is 40.8. The van der Waals surface area contributed by atoms with E-state index in [0.717, 1.165) is 11.6 Å². The molecule has 1 heterocycles. The van der Waals surface area contributed by atoms with Crippen LogP contribution in [0.2, 0.25) is 0 Å². The summed E-state index contributed by atoms with van der Waals surface area (Å²) in [5.74, 6) is 1.79. The third-order valence-corrected chi connectivity index (χ3v) is 11.4. The number of carbonyl (C=O) groups is 1. The summed E-state index contributed by atoms with van der Waals surface area (Å²) < 4.78 is 57.7. The first-order valence-corrected chi connectivity index (χ1v) is 18.9. The minimum atomic E-state index is -4.45. The van der Waals surface area contributed by atoms with E-state index in [1.807, 2.05) is 30.3 Å². The van der Waals surface area contributed by atoms with Crippen LogP contribution in [0.3, 0.4) is 0 Å². The lowest BCUT2D eigenvalue weighted by Gasteiger charge is -2.36. The van der Waals surface area contributed by atoms with E-state index in [0.29, 0.717) is 67.0 Å². The van der Waals surface area contributed by atoms with Crippen LogP contribution >= 0.6 is 0 Å². The second-order valence-electron chi connectivity index (χ2n) is 12.8. The molecule has 0 spiro atoms. The highest BCUT2D eigenvalue weighted by atomic mass is 32.2. The van der Waals surface area contributed by atoms with Crippen LogP contribution < -0.4 is 23.8 Å². The summed E-state index contributed by atoms with van der Waals surface area (Å²) in [6, 6.07) is 22.2. The molecule has 0 bridgehead atoms. The van der Waals surface area contributed by atoms with Crippen molar-refractivity contribution in [1.29, 1.82) is 0 Å². The lowest BCUT2D eigenvalue weighted by Crippen LogP contribution is -2.47. The fourth-order valence-corrected chi connectivity index (χ4v) is 7.86. The van der Waals surface area contributed by atoms with Crippen molar-refractivity contribution in [3.63, 3.8) is 0 Å². The number of nitrogens with zero attached hydrogens (tertiary/aromatic N) is 5. The molecule has 4 aromatic rings. The Kier molecular flexibility index (Phi) is 13.5. The van der Waals surface area contributed by atoms with Crippen molar-refractivity contribution >= 4 is 27.4 Å². The average Bonchev–Trinajstić information content (AvgIpc) is 3.22. The highest BCUT2D eigenvalue weighted by molar-refractivity contribution is 7.89. The van der Waals surface area contributed by atoms with Gasteiger partial charge in [-0.05, 0) is 29.8 Å². The summed E-state index contributed by atoms with van der Waals surface area (Å²) in [4.78, 5) is 30.6. The van der Waals surface area contributed by atoms with Crippen LogP contribution in [0.4, 0.5) is 16.2 Å². The SMILES string of the molecule is COc1ccc(CN(Cc2ccc(OC)cc2OC)S(=O)(=O)c2ccc(N(C)C(=O)N(C)C(CN3CCOCC3)c3ccccc3)c([N+](=O)[O-])c2)c(OC)c1. The monoisotopic (exact) mass is 777 g/mol. The number of benzene rings is 4. The van der Waals surface area contributed by atoms with E-state index in [1.54, 1.807) is 48.3 Å². The number of hydrogen-bond donors (Lipinski definition) is 0. The van der Waals surface area contributed by atoms with E-state index in [9.17, 15) is 23.3 Å². The molecule has 16 heteroatoms. The molecule has 0 aliphatic carbocycles. The van der Waals surface area contributed by atoms with Gasteiger partial charge < -0.3 is 28.6 Å². The number of likely N-dealkylation sites (N-methyl/N-ethyl adjacent to an activating group) is 1. The molecule has 0 radical (unpaired) electrons. The van der Waals surface area contributed by atoms with E-state index >= 15 is 0 Å². The molecule has 1 aliphatic rings. The highest BCUT2D eigenvalue weighted by Gasteiger charge is 2.33. The number of carbonyl (C=O) groups excluding carboxylic acids is 1. The van der Waals surface area contributed by atoms with Crippen LogP contribution in [0.5, 0.6) is 23.0 Å². The molecule has 1 fully saturated rings. The molecule has 0 N–H and O–H groups in total. The molecule has 1 unspecified atom stereocenters. The Bertz CT molecular complexity index is 2000. The van der Waals surface area contributed by atoms with Gasteiger partial charge in [-0.3, -0.25) is 19.9 Å². The summed E-state index contributed by atoms with van der Waals surface area (Å²) in [6.45, 7) is 2.75. The van der Waals surface area contributed by atoms with Crippen molar-refractivity contribution in [3.05, 3.63) is 112 Å². The van der Waals surface area contributed by atoms with Crippen LogP contribution in [0.1, 0.15) is 22.7 Å². The van der Waals surface area contributed by atoms with Gasteiger partial charge in [0.1, 0.15) is 28.7 Å². The number of hydrogen-bond acceptors (Lipinski definition) is 11. The fourth-order valence-electron chi connectivity index (χ4n) is 6.44. The van der Waals surface area contributed by atoms with Gasteiger partial charge in [0.25, 0.3) is 5.69 Å². The largest absolute Gasteiger partial charge is 0.497 e.